The molecule has 0 saturated carbocycles. The van der Waals surface area contributed by atoms with Gasteiger partial charge in [-0.1, -0.05) is 0 Å². The average molecular weight is 313 g/mol. The highest BCUT2D eigenvalue weighted by molar-refractivity contribution is 5.71. The number of hydrogen-bond donors (Lipinski definition) is 0. The average Bonchev–Trinajstić information content (AvgIpc) is 2.35. The van der Waals surface area contributed by atoms with Gasteiger partial charge in [-0.3, -0.25) is 9.69 Å². The van der Waals surface area contributed by atoms with Crippen LogP contribution in [0.5, 0.6) is 0 Å². The van der Waals surface area contributed by atoms with Crippen LogP contribution >= 0.6 is 0 Å². The van der Waals surface area contributed by atoms with Crippen molar-refractivity contribution in [1.29, 1.82) is 0 Å². The van der Waals surface area contributed by atoms with Crippen LogP contribution in [0.25, 0.3) is 0 Å². The Morgan fingerprint density at radius 1 is 1.18 bits per heavy atom. The zero-order valence-electron chi connectivity index (χ0n) is 14.0. The van der Waals surface area contributed by atoms with E-state index in [0.717, 1.165) is 12.8 Å². The van der Waals surface area contributed by atoms with Gasteiger partial charge in [-0.05, 0) is 46.5 Å². The second kappa shape index (κ2) is 6.86. The lowest BCUT2D eigenvalue weighted by Crippen LogP contribution is -2.60. The molecule has 6 heteroatoms. The molecule has 0 aliphatic carbocycles. The highest BCUT2D eigenvalue weighted by Gasteiger charge is 2.43. The predicted molar refractivity (Wildman–Crippen MR) is 80.4 cm³/mol. The van der Waals surface area contributed by atoms with Gasteiger partial charge in [0.05, 0.1) is 31.9 Å². The van der Waals surface area contributed by atoms with Crippen LogP contribution in [-0.4, -0.2) is 54.5 Å². The number of nitrogens with zero attached hydrogens (tertiary/aromatic N) is 1. The van der Waals surface area contributed by atoms with Gasteiger partial charge in [-0.25, -0.2) is 4.79 Å². The second-order valence-corrected chi connectivity index (χ2v) is 7.08. The van der Waals surface area contributed by atoms with Gasteiger partial charge < -0.3 is 14.2 Å². The summed E-state index contributed by atoms with van der Waals surface area (Å²) in [5.74, 6) is 0.0915. The van der Waals surface area contributed by atoms with Crippen molar-refractivity contribution >= 4 is 12.1 Å². The number of rotatable bonds is 3. The predicted octanol–water partition coefficient (Wildman–Crippen LogP) is 2.35. The molecule has 0 radical (unpaired) electrons. The number of esters is 1. The van der Waals surface area contributed by atoms with Gasteiger partial charge in [0.15, 0.2) is 0 Å². The first-order valence-electron chi connectivity index (χ1n) is 8.05. The maximum atomic E-state index is 12.4. The zero-order valence-corrected chi connectivity index (χ0v) is 14.0. The maximum absolute atomic E-state index is 12.4. The Balaban J connectivity index is 1.99. The standard InChI is InChI=1S/C16H27NO5/c1-5-21-14(18)8-11-6-12-9-20-10-13(7-11)17(12)15(19)22-16(2,3)4/h11-13H,5-10H2,1-4H3. The van der Waals surface area contributed by atoms with E-state index in [4.69, 9.17) is 14.2 Å². The summed E-state index contributed by atoms with van der Waals surface area (Å²) < 4.78 is 16.1. The molecule has 6 nitrogen and oxygen atoms in total. The van der Waals surface area contributed by atoms with Gasteiger partial charge in [0.25, 0.3) is 0 Å². The normalized spacial score (nSPS) is 28.2. The summed E-state index contributed by atoms with van der Waals surface area (Å²) in [5, 5.41) is 0. The topological polar surface area (TPSA) is 65.1 Å². The second-order valence-electron chi connectivity index (χ2n) is 7.08. The number of ether oxygens (including phenoxy) is 3. The highest BCUT2D eigenvalue weighted by atomic mass is 16.6. The van der Waals surface area contributed by atoms with E-state index in [2.05, 4.69) is 0 Å². The van der Waals surface area contributed by atoms with E-state index in [9.17, 15) is 9.59 Å². The summed E-state index contributed by atoms with van der Waals surface area (Å²) in [4.78, 5) is 25.9. The van der Waals surface area contributed by atoms with E-state index >= 15 is 0 Å². The Morgan fingerprint density at radius 2 is 1.77 bits per heavy atom. The van der Waals surface area contributed by atoms with Gasteiger partial charge in [0.2, 0.25) is 0 Å². The van der Waals surface area contributed by atoms with Gasteiger partial charge in [0.1, 0.15) is 5.60 Å². The third-order valence-corrected chi connectivity index (χ3v) is 3.98. The molecule has 2 rings (SSSR count). The van der Waals surface area contributed by atoms with E-state index in [0.29, 0.717) is 26.2 Å². The molecule has 0 aromatic rings. The summed E-state index contributed by atoms with van der Waals surface area (Å²) >= 11 is 0. The third kappa shape index (κ3) is 4.35. The zero-order chi connectivity index (χ0) is 16.3. The Kier molecular flexibility index (Phi) is 5.32. The molecule has 2 fully saturated rings. The van der Waals surface area contributed by atoms with Crippen molar-refractivity contribution < 1.29 is 23.8 Å². The van der Waals surface area contributed by atoms with Crippen molar-refractivity contribution in [2.75, 3.05) is 19.8 Å². The Bertz CT molecular complexity index is 403. The molecule has 2 atom stereocenters. The van der Waals surface area contributed by atoms with E-state index in [-0.39, 0.29) is 30.1 Å². The van der Waals surface area contributed by atoms with Crippen LogP contribution in [0.3, 0.4) is 0 Å². The van der Waals surface area contributed by atoms with Gasteiger partial charge in [-0.2, -0.15) is 0 Å². The number of carbonyl (C=O) groups is 2. The molecule has 0 spiro atoms. The summed E-state index contributed by atoms with van der Waals surface area (Å²) in [6.45, 7) is 8.83. The number of hydrogen-bond acceptors (Lipinski definition) is 5. The molecule has 2 aliphatic rings. The van der Waals surface area contributed by atoms with Gasteiger partial charge >= 0.3 is 12.1 Å². The molecule has 1 amide bonds. The Morgan fingerprint density at radius 3 is 2.27 bits per heavy atom. The minimum absolute atomic E-state index is 0.0122. The lowest BCUT2D eigenvalue weighted by atomic mass is 9.83. The summed E-state index contributed by atoms with van der Waals surface area (Å²) in [6, 6.07) is -0.0245. The maximum Gasteiger partial charge on any atom is 0.410 e. The highest BCUT2D eigenvalue weighted by Crippen LogP contribution is 2.34. The number of piperidine rings is 1. The summed E-state index contributed by atoms with van der Waals surface area (Å²) in [6.07, 6.45) is 1.66. The van der Waals surface area contributed by atoms with Gasteiger partial charge in [0, 0.05) is 6.42 Å². The van der Waals surface area contributed by atoms with Crippen molar-refractivity contribution in [2.24, 2.45) is 5.92 Å². The molecule has 2 aliphatic heterocycles. The fourth-order valence-corrected chi connectivity index (χ4v) is 3.26. The SMILES string of the molecule is CCOC(=O)CC1CC2COCC(C1)N2C(=O)OC(C)(C)C. The lowest BCUT2D eigenvalue weighted by Gasteiger charge is -2.48. The number of amides is 1. The first-order chi connectivity index (χ1) is 10.3. The monoisotopic (exact) mass is 313 g/mol. The minimum Gasteiger partial charge on any atom is -0.466 e. The van der Waals surface area contributed by atoms with Crippen LogP contribution in [0.15, 0.2) is 0 Å². The molecule has 126 valence electrons. The molecule has 0 aromatic heterocycles. The number of fused-ring (bicyclic) bond motifs is 2. The molecule has 0 aromatic carbocycles. The van der Waals surface area contributed by atoms with E-state index in [1.54, 1.807) is 0 Å². The van der Waals surface area contributed by atoms with Crippen molar-refractivity contribution in [3.05, 3.63) is 0 Å². The molecule has 2 saturated heterocycles. The Hall–Kier alpha value is -1.30. The molecule has 0 N–H and O–H groups in total. The molecule has 2 heterocycles. The van der Waals surface area contributed by atoms with Crippen LogP contribution in [-0.2, 0) is 19.0 Å². The lowest BCUT2D eigenvalue weighted by molar-refractivity contribution is -0.146. The van der Waals surface area contributed by atoms with Crippen LogP contribution in [0, 0.1) is 5.92 Å². The van der Waals surface area contributed by atoms with E-state index < -0.39 is 5.60 Å². The van der Waals surface area contributed by atoms with Crippen LogP contribution < -0.4 is 0 Å². The fraction of sp³-hybridized carbons (Fsp3) is 0.875. The third-order valence-electron chi connectivity index (χ3n) is 3.98. The first-order valence-corrected chi connectivity index (χ1v) is 8.05. The van der Waals surface area contributed by atoms with Crippen LogP contribution in [0.1, 0.15) is 47.0 Å². The molecule has 2 unspecified atom stereocenters. The summed E-state index contributed by atoms with van der Waals surface area (Å²) in [5.41, 5.74) is -0.506. The van der Waals surface area contributed by atoms with Crippen LogP contribution in [0.2, 0.25) is 0 Å². The van der Waals surface area contributed by atoms with E-state index in [1.807, 2.05) is 32.6 Å². The van der Waals surface area contributed by atoms with Crippen LogP contribution in [0.4, 0.5) is 4.79 Å². The van der Waals surface area contributed by atoms with Crippen molar-refractivity contribution in [3.63, 3.8) is 0 Å². The molecular weight excluding hydrogens is 286 g/mol. The Labute approximate surface area is 132 Å². The van der Waals surface area contributed by atoms with Crippen molar-refractivity contribution in [3.8, 4) is 0 Å². The molecular formula is C16H27NO5. The molecule has 22 heavy (non-hydrogen) atoms. The summed E-state index contributed by atoms with van der Waals surface area (Å²) in [7, 11) is 0. The number of carbonyl (C=O) groups excluding carboxylic acids is 2. The number of morpholine rings is 1. The molecule has 2 bridgehead atoms. The van der Waals surface area contributed by atoms with Crippen molar-refractivity contribution in [1.82, 2.24) is 4.90 Å². The van der Waals surface area contributed by atoms with E-state index in [1.165, 1.54) is 0 Å². The van der Waals surface area contributed by atoms with Gasteiger partial charge in [-0.15, -0.1) is 0 Å². The fourth-order valence-electron chi connectivity index (χ4n) is 3.26. The first kappa shape index (κ1) is 17.1. The minimum atomic E-state index is -0.506. The largest absolute Gasteiger partial charge is 0.466 e. The smallest absolute Gasteiger partial charge is 0.410 e. The quantitative estimate of drug-likeness (QED) is 0.748. The van der Waals surface area contributed by atoms with Crippen molar-refractivity contribution in [2.45, 2.75) is 64.6 Å².